The maximum Gasteiger partial charge on any atom is 0.189 e. The third kappa shape index (κ3) is 3.07. The van der Waals surface area contributed by atoms with Gasteiger partial charge in [-0.05, 0) is 47.5 Å². The number of nitrogens with zero attached hydrogens (tertiary/aromatic N) is 2. The van der Waals surface area contributed by atoms with Gasteiger partial charge in [0.15, 0.2) is 5.69 Å². The second kappa shape index (κ2) is 8.32. The van der Waals surface area contributed by atoms with Gasteiger partial charge in [-0.1, -0.05) is 84.9 Å². The SMILES string of the molecule is [C-]#[N+]c1ccc2c3ccccc3n(-c3cccc4c3sc3cccc(-c5cccc6oc7ccccc7c56)c34)c2c1. The number of thiophene rings is 1. The van der Waals surface area contributed by atoms with E-state index in [1.54, 1.807) is 0 Å². The molecule has 190 valence electrons. The first-order chi connectivity index (χ1) is 20.3. The van der Waals surface area contributed by atoms with Crippen LogP contribution in [0.2, 0.25) is 0 Å². The molecule has 0 aliphatic rings. The molecule has 3 aromatic heterocycles. The Hall–Kier alpha value is -5.37. The van der Waals surface area contributed by atoms with Gasteiger partial charge in [-0.2, -0.15) is 0 Å². The van der Waals surface area contributed by atoms with Crippen molar-refractivity contribution in [1.29, 1.82) is 0 Å². The molecule has 0 radical (unpaired) electrons. The molecule has 41 heavy (non-hydrogen) atoms. The van der Waals surface area contributed by atoms with E-state index in [9.17, 15) is 0 Å². The topological polar surface area (TPSA) is 22.4 Å². The van der Waals surface area contributed by atoms with E-state index in [0.717, 1.165) is 44.0 Å². The van der Waals surface area contributed by atoms with Gasteiger partial charge < -0.3 is 8.98 Å². The van der Waals surface area contributed by atoms with Crippen molar-refractivity contribution in [3.63, 3.8) is 0 Å². The normalized spacial score (nSPS) is 11.9. The number of hydrogen-bond acceptors (Lipinski definition) is 2. The monoisotopic (exact) mass is 540 g/mol. The van der Waals surface area contributed by atoms with Gasteiger partial charge in [-0.25, -0.2) is 4.85 Å². The molecule has 0 amide bonds. The number of hydrogen-bond donors (Lipinski definition) is 0. The van der Waals surface area contributed by atoms with Gasteiger partial charge >= 0.3 is 0 Å². The lowest BCUT2D eigenvalue weighted by Gasteiger charge is -2.10. The van der Waals surface area contributed by atoms with Crippen molar-refractivity contribution in [2.75, 3.05) is 0 Å². The van der Waals surface area contributed by atoms with Gasteiger partial charge in [0.2, 0.25) is 0 Å². The molecule has 0 saturated carbocycles. The van der Waals surface area contributed by atoms with Gasteiger partial charge in [-0.15, -0.1) is 11.3 Å². The van der Waals surface area contributed by atoms with E-state index >= 15 is 0 Å². The molecular weight excluding hydrogens is 520 g/mol. The predicted molar refractivity (Wildman–Crippen MR) is 173 cm³/mol. The molecule has 3 heterocycles. The molecule has 9 aromatic rings. The lowest BCUT2D eigenvalue weighted by Crippen LogP contribution is -1.93. The summed E-state index contributed by atoms with van der Waals surface area (Å²) < 4.78 is 11.1. The van der Waals surface area contributed by atoms with Crippen LogP contribution in [0.25, 0.3) is 85.6 Å². The summed E-state index contributed by atoms with van der Waals surface area (Å²) in [5.74, 6) is 0. The summed E-state index contributed by atoms with van der Waals surface area (Å²) in [5.41, 5.74) is 8.18. The van der Waals surface area contributed by atoms with Crippen LogP contribution >= 0.6 is 11.3 Å². The van der Waals surface area contributed by atoms with E-state index in [0.29, 0.717) is 5.69 Å². The molecule has 0 fully saturated rings. The van der Waals surface area contributed by atoms with Crippen LogP contribution in [0.15, 0.2) is 126 Å². The molecule has 0 spiro atoms. The quantitative estimate of drug-likeness (QED) is 0.200. The summed E-state index contributed by atoms with van der Waals surface area (Å²) in [6.07, 6.45) is 0. The Morgan fingerprint density at radius 1 is 0.585 bits per heavy atom. The first-order valence-electron chi connectivity index (χ1n) is 13.6. The van der Waals surface area contributed by atoms with Crippen LogP contribution in [0.1, 0.15) is 0 Å². The highest BCUT2D eigenvalue weighted by Crippen LogP contribution is 2.46. The zero-order valence-electron chi connectivity index (χ0n) is 21.8. The zero-order valence-corrected chi connectivity index (χ0v) is 22.6. The molecule has 0 aliphatic heterocycles. The molecule has 4 heteroatoms. The maximum absolute atomic E-state index is 7.65. The minimum Gasteiger partial charge on any atom is -0.456 e. The summed E-state index contributed by atoms with van der Waals surface area (Å²) in [7, 11) is 0. The lowest BCUT2D eigenvalue weighted by atomic mass is 9.95. The van der Waals surface area contributed by atoms with Crippen LogP contribution < -0.4 is 0 Å². The molecule has 0 bridgehead atoms. The molecule has 3 nitrogen and oxygen atoms in total. The van der Waals surface area contributed by atoms with Crippen molar-refractivity contribution in [3.8, 4) is 16.8 Å². The minimum absolute atomic E-state index is 0.646. The summed E-state index contributed by atoms with van der Waals surface area (Å²) >= 11 is 1.83. The molecule has 6 aromatic carbocycles. The number of fused-ring (bicyclic) bond motifs is 9. The van der Waals surface area contributed by atoms with Crippen molar-refractivity contribution in [2.24, 2.45) is 0 Å². The number of rotatable bonds is 2. The fourth-order valence-corrected chi connectivity index (χ4v) is 7.75. The van der Waals surface area contributed by atoms with E-state index < -0.39 is 0 Å². The largest absolute Gasteiger partial charge is 0.456 e. The van der Waals surface area contributed by atoms with Gasteiger partial charge in [0, 0.05) is 42.5 Å². The number of benzene rings is 6. The van der Waals surface area contributed by atoms with Crippen LogP contribution in [0.5, 0.6) is 0 Å². The second-order valence-electron chi connectivity index (χ2n) is 10.4. The summed E-state index contributed by atoms with van der Waals surface area (Å²) in [5, 5.41) is 7.13. The lowest BCUT2D eigenvalue weighted by molar-refractivity contribution is 0.669. The highest BCUT2D eigenvalue weighted by molar-refractivity contribution is 7.26. The van der Waals surface area contributed by atoms with Crippen molar-refractivity contribution < 1.29 is 4.42 Å². The van der Waals surface area contributed by atoms with Crippen molar-refractivity contribution in [3.05, 3.63) is 133 Å². The Balaban J connectivity index is 1.39. The third-order valence-corrected chi connectivity index (χ3v) is 9.42. The third-order valence-electron chi connectivity index (χ3n) is 8.22. The first kappa shape index (κ1) is 22.4. The van der Waals surface area contributed by atoms with E-state index in [-0.39, 0.29) is 0 Å². The van der Waals surface area contributed by atoms with E-state index in [4.69, 9.17) is 11.0 Å². The van der Waals surface area contributed by atoms with Crippen molar-refractivity contribution in [1.82, 2.24) is 4.57 Å². The summed E-state index contributed by atoms with van der Waals surface area (Å²) in [6.45, 7) is 7.65. The standard InChI is InChI=1S/C37H20N2OS/c1-38-22-19-20-24-23-9-2-4-14-29(23)39(31(24)21-22)30-15-6-13-28-36-26(12-8-18-34(36)41-37(28)30)25-11-7-17-33-35(25)27-10-3-5-16-32(27)40-33/h2-21H. The molecule has 0 N–H and O–H groups in total. The maximum atomic E-state index is 7.65. The van der Waals surface area contributed by atoms with Gasteiger partial charge in [0.25, 0.3) is 0 Å². The van der Waals surface area contributed by atoms with Gasteiger partial charge in [-0.3, -0.25) is 0 Å². The Bertz CT molecular complexity index is 2560. The second-order valence-corrected chi connectivity index (χ2v) is 11.4. The number of aromatic nitrogens is 1. The van der Waals surface area contributed by atoms with Crippen molar-refractivity contribution in [2.45, 2.75) is 0 Å². The average molecular weight is 541 g/mol. The van der Waals surface area contributed by atoms with Crippen molar-refractivity contribution >= 4 is 80.9 Å². The molecule has 0 saturated heterocycles. The summed E-state index contributed by atoms with van der Waals surface area (Å²) in [6, 6.07) is 42.4. The molecular formula is C37H20N2OS. The fourth-order valence-electron chi connectivity index (χ4n) is 6.52. The average Bonchev–Trinajstić information content (AvgIpc) is 3.70. The Kier molecular flexibility index (Phi) is 4.55. The molecule has 0 atom stereocenters. The van der Waals surface area contributed by atoms with Gasteiger partial charge in [0.1, 0.15) is 11.2 Å². The van der Waals surface area contributed by atoms with Crippen LogP contribution in [0.4, 0.5) is 5.69 Å². The van der Waals surface area contributed by atoms with E-state index in [1.807, 2.05) is 35.6 Å². The Morgan fingerprint density at radius 2 is 1.29 bits per heavy atom. The van der Waals surface area contributed by atoms with Crippen LogP contribution in [-0.4, -0.2) is 4.57 Å². The summed E-state index contributed by atoms with van der Waals surface area (Å²) in [4.78, 5) is 3.74. The fraction of sp³-hybridized carbons (Fsp3) is 0. The Labute approximate surface area is 238 Å². The Morgan fingerprint density at radius 3 is 2.20 bits per heavy atom. The highest BCUT2D eigenvalue weighted by Gasteiger charge is 2.20. The van der Waals surface area contributed by atoms with Crippen LogP contribution in [0, 0.1) is 6.57 Å². The van der Waals surface area contributed by atoms with Crippen LogP contribution in [-0.2, 0) is 0 Å². The molecule has 0 unspecified atom stereocenters. The van der Waals surface area contributed by atoms with Gasteiger partial charge in [0.05, 0.1) is 22.5 Å². The first-order valence-corrected chi connectivity index (χ1v) is 14.4. The number of furan rings is 1. The zero-order chi connectivity index (χ0) is 27.1. The minimum atomic E-state index is 0.646. The molecule has 0 aliphatic carbocycles. The van der Waals surface area contributed by atoms with E-state index in [2.05, 4.69) is 106 Å². The highest BCUT2D eigenvalue weighted by atomic mass is 32.1. The predicted octanol–water partition coefficient (Wildman–Crippen LogP) is 11.3. The number of para-hydroxylation sites is 2. The van der Waals surface area contributed by atoms with Crippen LogP contribution in [0.3, 0.4) is 0 Å². The smallest absolute Gasteiger partial charge is 0.189 e. The molecule has 9 rings (SSSR count). The van der Waals surface area contributed by atoms with E-state index in [1.165, 1.54) is 36.7 Å².